The quantitative estimate of drug-likeness (QED) is 0.141. The van der Waals surface area contributed by atoms with Crippen molar-refractivity contribution < 1.29 is 102 Å². The van der Waals surface area contributed by atoms with Crippen LogP contribution in [0.4, 0.5) is 4.79 Å². The number of nitrogens with one attached hydrogen (secondary N) is 2. The minimum absolute atomic E-state index is 0. The summed E-state index contributed by atoms with van der Waals surface area (Å²) >= 11 is 0. The molecule has 3 N–H and O–H groups in total. The summed E-state index contributed by atoms with van der Waals surface area (Å²) in [5.74, 6) is -8.10. The number of aliphatic carboxylic acids is 1. The molecule has 0 radical (unpaired) electrons. The molecule has 23 heteroatoms. The minimum atomic E-state index is -1.90. The molecule has 11 unspecified atom stereocenters. The van der Waals surface area contributed by atoms with Crippen molar-refractivity contribution in [1.29, 1.82) is 0 Å². The zero-order valence-corrected chi connectivity index (χ0v) is 37.5. The summed E-state index contributed by atoms with van der Waals surface area (Å²) in [7, 11) is 0. The van der Waals surface area contributed by atoms with Crippen LogP contribution in [0.3, 0.4) is 0 Å². The van der Waals surface area contributed by atoms with Crippen LogP contribution < -0.4 is 10.6 Å². The van der Waals surface area contributed by atoms with Crippen molar-refractivity contribution in [3.8, 4) is 11.1 Å². The number of carbonyl (C=O) groups is 9. The number of hydrogen-bond donors (Lipinski definition) is 3. The lowest BCUT2D eigenvalue weighted by molar-refractivity contribution is -0.350. The Bertz CT molecular complexity index is 2140. The normalized spacial score (nSPS) is 25.7. The summed E-state index contributed by atoms with van der Waals surface area (Å²) in [4.78, 5) is 113. The van der Waals surface area contributed by atoms with Crippen molar-refractivity contribution in [2.75, 3.05) is 26.4 Å². The number of amides is 2. The fraction of sp³-hybridized carbons (Fsp3) is 0.523. The Morgan fingerprint density at radius 1 is 0.582 bits per heavy atom. The molecule has 0 saturated carbocycles. The molecule has 2 heterocycles. The molecule has 2 aromatic carbocycles. The van der Waals surface area contributed by atoms with Crippen molar-refractivity contribution in [1.82, 2.24) is 10.6 Å². The second-order valence-corrected chi connectivity index (χ2v) is 15.5. The summed E-state index contributed by atoms with van der Waals surface area (Å²) < 4.78 is 62.5. The molecule has 2 aliphatic heterocycles. The van der Waals surface area contributed by atoms with Gasteiger partial charge in [-0.15, -0.1) is 0 Å². The number of carbonyl (C=O) groups excluding carboxylic acids is 8. The topological polar surface area (TPSA) is 299 Å². The average molecular weight is 947 g/mol. The summed E-state index contributed by atoms with van der Waals surface area (Å²) in [5, 5.41) is 14.9. The van der Waals surface area contributed by atoms with Crippen LogP contribution in [-0.4, -0.2) is 153 Å². The van der Waals surface area contributed by atoms with Gasteiger partial charge in [0.05, 0.1) is 6.61 Å². The van der Waals surface area contributed by atoms with Crippen molar-refractivity contribution in [2.24, 2.45) is 0 Å². The van der Waals surface area contributed by atoms with Crippen LogP contribution in [0, 0.1) is 0 Å². The van der Waals surface area contributed by atoms with Crippen LogP contribution in [0.2, 0.25) is 0 Å². The highest BCUT2D eigenvalue weighted by Crippen LogP contribution is 2.44. The summed E-state index contributed by atoms with van der Waals surface area (Å²) in [6, 6.07) is 11.8. The van der Waals surface area contributed by atoms with Crippen LogP contribution >= 0.6 is 0 Å². The third kappa shape index (κ3) is 13.7. The Balaban J connectivity index is 0.0000101. The number of fused-ring (bicyclic) bond motifs is 3. The molecular formula is C44H54N2O21. The average Bonchev–Trinajstić information content (AvgIpc) is 3.56. The molecule has 0 spiro atoms. The first kappa shape index (κ1) is 51.3. The summed E-state index contributed by atoms with van der Waals surface area (Å²) in [5.41, 5.74) is 3.76. The standard InChI is InChI=1S/C44H52N2O21.H2/c1-20(47)45-35-38(62-24(5)51)36(67-43-40(64-26(7)53)39(63-25(6)52)37(61-23(4)50)34(66-43)19-58-22(3)49)33(18-57-21(2)48)65-42(35)59-17-32(41(54)55)46-44(56)60-16-31-29-14-10-8-12-27(29)28-13-9-11-15-30(28)31;/h8-15,31-40,42-43H,16-19H2,1-7H3,(H,45,47)(H,46,56)(H,54,55);1H. The van der Waals surface area contributed by atoms with Crippen molar-refractivity contribution >= 4 is 53.8 Å². The van der Waals surface area contributed by atoms with Crippen LogP contribution in [0.1, 0.15) is 66.9 Å². The van der Waals surface area contributed by atoms with Gasteiger partial charge in [0.25, 0.3) is 0 Å². The zero-order chi connectivity index (χ0) is 49.1. The number of carboxylic acids is 1. The highest BCUT2D eigenvalue weighted by Gasteiger charge is 2.57. The van der Waals surface area contributed by atoms with Crippen LogP contribution in [0.25, 0.3) is 11.1 Å². The maximum Gasteiger partial charge on any atom is 0.407 e. The van der Waals surface area contributed by atoms with Crippen molar-refractivity contribution in [3.05, 3.63) is 59.7 Å². The lowest BCUT2D eigenvalue weighted by Crippen LogP contribution is -2.69. The Morgan fingerprint density at radius 2 is 1.06 bits per heavy atom. The lowest BCUT2D eigenvalue weighted by atomic mass is 9.94. The molecule has 23 nitrogen and oxygen atoms in total. The molecule has 2 saturated heterocycles. The number of ether oxygens (including phenoxy) is 11. The van der Waals surface area contributed by atoms with E-state index in [2.05, 4.69) is 10.6 Å². The maximum atomic E-state index is 13.2. The lowest BCUT2D eigenvalue weighted by Gasteiger charge is -2.49. The Hall–Kier alpha value is -6.69. The molecule has 0 bridgehead atoms. The van der Waals surface area contributed by atoms with Gasteiger partial charge in [-0.1, -0.05) is 48.5 Å². The molecule has 2 aromatic rings. The van der Waals surface area contributed by atoms with E-state index in [9.17, 15) is 48.3 Å². The zero-order valence-electron chi connectivity index (χ0n) is 37.5. The fourth-order valence-electron chi connectivity index (χ4n) is 7.86. The summed E-state index contributed by atoms with van der Waals surface area (Å²) in [6.45, 7) is 4.90. The third-order valence-corrected chi connectivity index (χ3v) is 10.4. The summed E-state index contributed by atoms with van der Waals surface area (Å²) in [6.07, 6.45) is -16.3. The second-order valence-electron chi connectivity index (χ2n) is 15.5. The molecule has 2 amide bonds. The SMILES string of the molecule is CC(=O)NC1C(OCC(NC(=O)OCC2c3ccccc3-c3ccccc32)C(=O)O)OC(COC(C)=O)C(OC2OC(COC(C)=O)C(OC(C)=O)C(OC(C)=O)C2OC(C)=O)C1OC(C)=O.[HH]. The Labute approximate surface area is 384 Å². The molecule has 11 atom stereocenters. The first-order chi connectivity index (χ1) is 31.7. The van der Waals surface area contributed by atoms with Gasteiger partial charge in [0.15, 0.2) is 43.0 Å². The molecule has 2 fully saturated rings. The number of alkyl carbamates (subject to hydrolysis) is 1. The van der Waals surface area contributed by atoms with Gasteiger partial charge in [-0.25, -0.2) is 9.59 Å². The van der Waals surface area contributed by atoms with Crippen molar-refractivity contribution in [2.45, 2.75) is 122 Å². The molecule has 3 aliphatic rings. The van der Waals surface area contributed by atoms with Crippen molar-refractivity contribution in [3.63, 3.8) is 0 Å². The van der Waals surface area contributed by atoms with E-state index in [0.717, 1.165) is 70.7 Å². The number of benzene rings is 2. The van der Waals surface area contributed by atoms with Gasteiger partial charge in [0.1, 0.15) is 44.2 Å². The van der Waals surface area contributed by atoms with Crippen LogP contribution in [0.15, 0.2) is 48.5 Å². The van der Waals surface area contributed by atoms with Gasteiger partial charge < -0.3 is 67.8 Å². The molecular weight excluding hydrogens is 892 g/mol. The molecule has 0 aromatic heterocycles. The largest absolute Gasteiger partial charge is 0.480 e. The molecule has 366 valence electrons. The Kier molecular flexibility index (Phi) is 17.7. The van der Waals surface area contributed by atoms with Gasteiger partial charge in [-0.3, -0.25) is 33.6 Å². The predicted molar refractivity (Wildman–Crippen MR) is 223 cm³/mol. The van der Waals surface area contributed by atoms with E-state index in [4.69, 9.17) is 52.1 Å². The van der Waals surface area contributed by atoms with E-state index in [0.29, 0.717) is 0 Å². The fourth-order valence-corrected chi connectivity index (χ4v) is 7.86. The molecule has 5 rings (SSSR count). The van der Waals surface area contributed by atoms with E-state index in [1.807, 2.05) is 48.5 Å². The van der Waals surface area contributed by atoms with Crippen LogP contribution in [0.5, 0.6) is 0 Å². The highest BCUT2D eigenvalue weighted by molar-refractivity contribution is 5.81. The predicted octanol–water partition coefficient (Wildman–Crippen LogP) is 1.43. The monoisotopic (exact) mass is 946 g/mol. The third-order valence-electron chi connectivity index (χ3n) is 10.4. The van der Waals surface area contributed by atoms with Gasteiger partial charge in [-0.2, -0.15) is 0 Å². The smallest absolute Gasteiger partial charge is 0.407 e. The number of hydrogen-bond acceptors (Lipinski definition) is 20. The number of rotatable bonds is 18. The van der Waals surface area contributed by atoms with Crippen LogP contribution in [-0.2, 0) is 90.5 Å². The Morgan fingerprint density at radius 3 is 1.57 bits per heavy atom. The van der Waals surface area contributed by atoms with Gasteiger partial charge in [-0.05, 0) is 22.3 Å². The highest BCUT2D eigenvalue weighted by atomic mass is 16.8. The number of esters is 6. The minimum Gasteiger partial charge on any atom is -0.480 e. The molecule has 67 heavy (non-hydrogen) atoms. The van der Waals surface area contributed by atoms with Gasteiger partial charge in [0.2, 0.25) is 5.91 Å². The molecule has 1 aliphatic carbocycles. The van der Waals surface area contributed by atoms with E-state index < -0.39 is 141 Å². The first-order valence-corrected chi connectivity index (χ1v) is 20.9. The van der Waals surface area contributed by atoms with E-state index in [1.54, 1.807) is 0 Å². The maximum absolute atomic E-state index is 13.2. The van der Waals surface area contributed by atoms with E-state index in [-0.39, 0.29) is 14.0 Å². The van der Waals surface area contributed by atoms with E-state index in [1.165, 1.54) is 0 Å². The van der Waals surface area contributed by atoms with E-state index >= 15 is 0 Å². The number of carboxylic acid groups (broad SMARTS) is 1. The second kappa shape index (κ2) is 23.2. The van der Waals surface area contributed by atoms with Gasteiger partial charge >= 0.3 is 47.9 Å². The van der Waals surface area contributed by atoms with Gasteiger partial charge in [0, 0.05) is 55.8 Å². The first-order valence-electron chi connectivity index (χ1n) is 20.9.